The van der Waals surface area contributed by atoms with E-state index < -0.39 is 17.8 Å². The fraction of sp³-hybridized carbons (Fsp3) is 0.259. The lowest BCUT2D eigenvalue weighted by Crippen LogP contribution is -2.40. The summed E-state index contributed by atoms with van der Waals surface area (Å²) in [4.78, 5) is 34.7. The maximum absolute atomic E-state index is 15.1. The van der Waals surface area contributed by atoms with Crippen molar-refractivity contribution in [2.45, 2.75) is 44.9 Å². The molecule has 0 unspecified atom stereocenters. The second-order valence-electron chi connectivity index (χ2n) is 8.95. The normalized spacial score (nSPS) is 17.6. The zero-order valence-electron chi connectivity index (χ0n) is 19.2. The number of amides is 1. The van der Waals surface area contributed by atoms with Gasteiger partial charge in [0.2, 0.25) is 0 Å². The Morgan fingerprint density at radius 2 is 1.97 bits per heavy atom. The molecule has 1 saturated carbocycles. The Balaban J connectivity index is 1.50. The highest BCUT2D eigenvalue weighted by atomic mass is 19.1. The molecule has 0 aliphatic heterocycles. The van der Waals surface area contributed by atoms with E-state index in [1.807, 2.05) is 19.1 Å². The number of aryl methyl sites for hydroxylation is 1. The Morgan fingerprint density at radius 3 is 2.71 bits per heavy atom. The first kappa shape index (κ1) is 22.9. The number of aliphatic hydroxyl groups is 1. The van der Waals surface area contributed by atoms with Crippen molar-refractivity contribution < 1.29 is 14.3 Å². The molecule has 5 rings (SSSR count). The molecule has 1 fully saturated rings. The number of hydrogen-bond acceptors (Lipinski definition) is 5. The van der Waals surface area contributed by atoms with Crippen LogP contribution in [0.3, 0.4) is 0 Å². The van der Waals surface area contributed by atoms with Crippen molar-refractivity contribution in [1.82, 2.24) is 19.9 Å². The number of rotatable bonds is 5. The molecule has 0 bridgehead atoms. The monoisotopic (exact) mass is 472 g/mol. The van der Waals surface area contributed by atoms with Crippen LogP contribution in [-0.4, -0.2) is 37.7 Å². The lowest BCUT2D eigenvalue weighted by Gasteiger charge is -2.18. The van der Waals surface area contributed by atoms with Gasteiger partial charge in [0, 0.05) is 29.8 Å². The van der Waals surface area contributed by atoms with E-state index in [4.69, 9.17) is 0 Å². The Morgan fingerprint density at radius 1 is 1.14 bits per heavy atom. The van der Waals surface area contributed by atoms with Gasteiger partial charge in [-0.3, -0.25) is 19.6 Å². The van der Waals surface area contributed by atoms with E-state index in [1.54, 1.807) is 30.5 Å². The van der Waals surface area contributed by atoms with Crippen LogP contribution >= 0.6 is 0 Å². The second kappa shape index (κ2) is 9.38. The van der Waals surface area contributed by atoms with Crippen LogP contribution in [0.2, 0.25) is 0 Å². The van der Waals surface area contributed by atoms with Crippen molar-refractivity contribution in [3.05, 3.63) is 94.0 Å². The largest absolute Gasteiger partial charge is 0.391 e. The van der Waals surface area contributed by atoms with E-state index in [2.05, 4.69) is 15.3 Å². The highest BCUT2D eigenvalue weighted by molar-refractivity contribution is 6.05. The molecular weight excluding hydrogens is 447 g/mol. The van der Waals surface area contributed by atoms with Crippen LogP contribution in [0, 0.1) is 12.7 Å². The summed E-state index contributed by atoms with van der Waals surface area (Å²) in [6, 6.07) is 11.5. The van der Waals surface area contributed by atoms with Gasteiger partial charge in [0.05, 0.1) is 35.2 Å². The number of nitrogens with zero attached hydrogens (tertiary/aromatic N) is 3. The Labute approximate surface area is 201 Å². The second-order valence-corrected chi connectivity index (χ2v) is 8.95. The summed E-state index contributed by atoms with van der Waals surface area (Å²) in [6.07, 6.45) is 6.18. The average Bonchev–Trinajstić information content (AvgIpc) is 3.26. The summed E-state index contributed by atoms with van der Waals surface area (Å²) in [7, 11) is 0. The van der Waals surface area contributed by atoms with Gasteiger partial charge in [0.25, 0.3) is 11.5 Å². The van der Waals surface area contributed by atoms with E-state index in [0.717, 1.165) is 17.7 Å². The zero-order valence-corrected chi connectivity index (χ0v) is 19.2. The molecule has 1 aliphatic rings. The molecule has 3 heterocycles. The van der Waals surface area contributed by atoms with Crippen LogP contribution in [0.15, 0.2) is 65.8 Å². The number of pyridine rings is 3. The maximum atomic E-state index is 15.1. The summed E-state index contributed by atoms with van der Waals surface area (Å²) >= 11 is 0. The highest BCUT2D eigenvalue weighted by Crippen LogP contribution is 2.24. The Hall–Kier alpha value is -3.91. The van der Waals surface area contributed by atoms with E-state index in [9.17, 15) is 14.7 Å². The average molecular weight is 473 g/mol. The number of carbonyl (C=O) groups is 1. The van der Waals surface area contributed by atoms with Crippen LogP contribution in [0.25, 0.3) is 22.0 Å². The summed E-state index contributed by atoms with van der Waals surface area (Å²) in [5.41, 5.74) is 2.85. The Kier molecular flexibility index (Phi) is 6.13. The molecular formula is C27H25FN4O3. The van der Waals surface area contributed by atoms with Gasteiger partial charge in [0.1, 0.15) is 5.82 Å². The smallest absolute Gasteiger partial charge is 0.260 e. The van der Waals surface area contributed by atoms with E-state index in [0.29, 0.717) is 24.0 Å². The van der Waals surface area contributed by atoms with E-state index in [1.165, 1.54) is 23.0 Å². The quantitative estimate of drug-likeness (QED) is 0.463. The highest BCUT2D eigenvalue weighted by Gasteiger charge is 2.28. The number of aromatic nitrogens is 3. The number of fused-ring (bicyclic) bond motifs is 1. The molecule has 0 saturated heterocycles. The lowest BCUT2D eigenvalue weighted by molar-refractivity contribution is 0.0874. The Bertz CT molecular complexity index is 1480. The van der Waals surface area contributed by atoms with Gasteiger partial charge in [-0.25, -0.2) is 4.39 Å². The molecule has 2 atom stereocenters. The standard InChI is InChI=1S/C27H25FN4O3/c1-16-12-18(9-11-29-16)17-7-8-19(22(28)13-17)14-32-15-21(25-20(27(32)35)4-3-10-30-25)26(34)31-23-5-2-6-24(23)33/h3-4,7-13,15,23-24,33H,2,5-6,14H2,1H3,(H,31,34)/t23-,24-/m0/s1. The molecule has 35 heavy (non-hydrogen) atoms. The first-order valence-corrected chi connectivity index (χ1v) is 11.6. The molecule has 178 valence electrons. The number of nitrogens with one attached hydrogen (secondary N) is 1. The minimum absolute atomic E-state index is 0.0442. The van der Waals surface area contributed by atoms with Crippen molar-refractivity contribution >= 4 is 16.8 Å². The molecule has 7 nitrogen and oxygen atoms in total. The fourth-order valence-electron chi connectivity index (χ4n) is 4.63. The topological polar surface area (TPSA) is 97.1 Å². The number of carbonyl (C=O) groups excluding carboxylic acids is 1. The molecule has 8 heteroatoms. The van der Waals surface area contributed by atoms with Gasteiger partial charge >= 0.3 is 0 Å². The third-order valence-corrected chi connectivity index (χ3v) is 6.50. The number of halogens is 1. The summed E-state index contributed by atoms with van der Waals surface area (Å²) in [6.45, 7) is 1.83. The molecule has 0 spiro atoms. The minimum atomic E-state index is -0.596. The van der Waals surface area contributed by atoms with Gasteiger partial charge < -0.3 is 15.0 Å². The van der Waals surface area contributed by atoms with Crippen LogP contribution in [0.1, 0.15) is 40.9 Å². The minimum Gasteiger partial charge on any atom is -0.391 e. The van der Waals surface area contributed by atoms with Gasteiger partial charge in [-0.1, -0.05) is 12.1 Å². The van der Waals surface area contributed by atoms with Crippen LogP contribution in [0.5, 0.6) is 0 Å². The molecule has 3 aromatic heterocycles. The lowest BCUT2D eigenvalue weighted by atomic mass is 10.0. The third-order valence-electron chi connectivity index (χ3n) is 6.50. The summed E-state index contributed by atoms with van der Waals surface area (Å²) in [5, 5.41) is 13.3. The molecule has 4 aromatic rings. The van der Waals surface area contributed by atoms with Gasteiger partial charge in [-0.05, 0) is 67.6 Å². The number of hydrogen-bond donors (Lipinski definition) is 2. The predicted octanol–water partition coefficient (Wildman–Crippen LogP) is 3.60. The van der Waals surface area contributed by atoms with E-state index in [-0.39, 0.29) is 34.6 Å². The first-order valence-electron chi connectivity index (χ1n) is 11.6. The molecule has 1 aliphatic carbocycles. The van der Waals surface area contributed by atoms with Gasteiger partial charge in [0.15, 0.2) is 0 Å². The molecule has 2 N–H and O–H groups in total. The van der Waals surface area contributed by atoms with Crippen molar-refractivity contribution in [2.24, 2.45) is 0 Å². The first-order chi connectivity index (χ1) is 16.9. The third kappa shape index (κ3) is 4.57. The van der Waals surface area contributed by atoms with E-state index >= 15 is 4.39 Å². The van der Waals surface area contributed by atoms with Crippen molar-refractivity contribution in [3.63, 3.8) is 0 Å². The van der Waals surface area contributed by atoms with Crippen LogP contribution < -0.4 is 10.9 Å². The SMILES string of the molecule is Cc1cc(-c2ccc(Cn3cc(C(=O)N[C@H]4CCC[C@@H]4O)c4ncccc4c3=O)c(F)c2)ccn1. The maximum Gasteiger partial charge on any atom is 0.260 e. The predicted molar refractivity (Wildman–Crippen MR) is 131 cm³/mol. The van der Waals surface area contributed by atoms with Crippen LogP contribution in [-0.2, 0) is 6.54 Å². The molecule has 1 aromatic carbocycles. The molecule has 0 radical (unpaired) electrons. The number of benzene rings is 1. The summed E-state index contributed by atoms with van der Waals surface area (Å²) < 4.78 is 16.4. The fourth-order valence-corrected chi connectivity index (χ4v) is 4.63. The van der Waals surface area contributed by atoms with Crippen molar-refractivity contribution in [1.29, 1.82) is 0 Å². The van der Waals surface area contributed by atoms with Crippen LogP contribution in [0.4, 0.5) is 4.39 Å². The number of aliphatic hydroxyl groups excluding tert-OH is 1. The van der Waals surface area contributed by atoms with Gasteiger partial charge in [-0.15, -0.1) is 0 Å². The summed E-state index contributed by atoms with van der Waals surface area (Å²) in [5.74, 6) is -0.868. The zero-order chi connectivity index (χ0) is 24.5. The van der Waals surface area contributed by atoms with Crippen molar-refractivity contribution in [2.75, 3.05) is 0 Å². The van der Waals surface area contributed by atoms with Gasteiger partial charge in [-0.2, -0.15) is 0 Å². The molecule has 1 amide bonds. The van der Waals surface area contributed by atoms with Crippen molar-refractivity contribution in [3.8, 4) is 11.1 Å².